The van der Waals surface area contributed by atoms with Gasteiger partial charge in [0.25, 0.3) is 10.0 Å². The van der Waals surface area contributed by atoms with Gasteiger partial charge in [0.05, 0.1) is 5.69 Å². The summed E-state index contributed by atoms with van der Waals surface area (Å²) in [4.78, 5) is 3.89. The van der Waals surface area contributed by atoms with E-state index in [1.165, 1.54) is 10.5 Å². The van der Waals surface area contributed by atoms with Crippen LogP contribution in [-0.4, -0.2) is 30.8 Å². The van der Waals surface area contributed by atoms with Crippen LogP contribution in [0.3, 0.4) is 0 Å². The molecular formula is C11H17N3O2S. The first-order valence-electron chi connectivity index (χ1n) is 5.76. The van der Waals surface area contributed by atoms with Crippen LogP contribution in [0.25, 0.3) is 0 Å². The Labute approximate surface area is 102 Å². The van der Waals surface area contributed by atoms with E-state index in [1.807, 2.05) is 6.92 Å². The molecule has 0 saturated heterocycles. The van der Waals surface area contributed by atoms with Crippen molar-refractivity contribution in [3.05, 3.63) is 18.3 Å². The summed E-state index contributed by atoms with van der Waals surface area (Å²) in [5.74, 6) is 0.509. The van der Waals surface area contributed by atoms with Crippen molar-refractivity contribution in [2.45, 2.75) is 24.8 Å². The van der Waals surface area contributed by atoms with E-state index in [0.29, 0.717) is 19.0 Å². The zero-order valence-electron chi connectivity index (χ0n) is 9.83. The summed E-state index contributed by atoms with van der Waals surface area (Å²) >= 11 is 0. The molecular weight excluding hydrogens is 238 g/mol. The molecule has 6 heteroatoms. The van der Waals surface area contributed by atoms with Crippen LogP contribution in [-0.2, 0) is 10.0 Å². The first-order chi connectivity index (χ1) is 8.05. The van der Waals surface area contributed by atoms with Gasteiger partial charge < -0.3 is 5.73 Å². The predicted octanol–water partition coefficient (Wildman–Crippen LogP) is 1.08. The van der Waals surface area contributed by atoms with E-state index in [4.69, 9.17) is 5.73 Å². The summed E-state index contributed by atoms with van der Waals surface area (Å²) in [5, 5.41) is -0.0255. The van der Waals surface area contributed by atoms with Gasteiger partial charge >= 0.3 is 0 Å². The molecule has 0 radical (unpaired) electrons. The fourth-order valence-corrected chi connectivity index (χ4v) is 3.28. The van der Waals surface area contributed by atoms with Gasteiger partial charge in [-0.15, -0.1) is 0 Å². The maximum Gasteiger partial charge on any atom is 0.262 e. The maximum absolute atomic E-state index is 12.3. The highest BCUT2D eigenvalue weighted by atomic mass is 32.2. The topological polar surface area (TPSA) is 76.3 Å². The third kappa shape index (κ3) is 2.58. The molecule has 0 unspecified atom stereocenters. The molecule has 1 aromatic rings. The van der Waals surface area contributed by atoms with Crippen molar-refractivity contribution >= 4 is 15.7 Å². The van der Waals surface area contributed by atoms with Gasteiger partial charge in [0, 0.05) is 19.3 Å². The van der Waals surface area contributed by atoms with Gasteiger partial charge in [0.2, 0.25) is 0 Å². The van der Waals surface area contributed by atoms with Crippen LogP contribution in [0.1, 0.15) is 19.8 Å². The molecule has 0 amide bonds. The second-order valence-electron chi connectivity index (χ2n) is 4.30. The Balaban J connectivity index is 2.30. The van der Waals surface area contributed by atoms with Crippen molar-refractivity contribution < 1.29 is 8.42 Å². The van der Waals surface area contributed by atoms with Crippen LogP contribution in [0.2, 0.25) is 0 Å². The van der Waals surface area contributed by atoms with Crippen LogP contribution in [0, 0.1) is 5.92 Å². The van der Waals surface area contributed by atoms with Crippen LogP contribution in [0.15, 0.2) is 23.4 Å². The molecule has 94 valence electrons. The number of hydrogen-bond acceptors (Lipinski definition) is 4. The van der Waals surface area contributed by atoms with Gasteiger partial charge in [-0.3, -0.25) is 0 Å². The first-order valence-corrected chi connectivity index (χ1v) is 7.20. The van der Waals surface area contributed by atoms with Crippen LogP contribution >= 0.6 is 0 Å². The summed E-state index contributed by atoms with van der Waals surface area (Å²) in [6.45, 7) is 2.86. The van der Waals surface area contributed by atoms with E-state index in [1.54, 1.807) is 12.1 Å². The van der Waals surface area contributed by atoms with Crippen LogP contribution < -0.4 is 5.73 Å². The molecule has 2 rings (SSSR count). The monoisotopic (exact) mass is 255 g/mol. The van der Waals surface area contributed by atoms with Gasteiger partial charge in [-0.25, -0.2) is 13.4 Å². The Morgan fingerprint density at radius 2 is 2.24 bits per heavy atom. The fraction of sp³-hybridized carbons (Fsp3) is 0.545. The zero-order chi connectivity index (χ0) is 12.5. The summed E-state index contributed by atoms with van der Waals surface area (Å²) in [7, 11) is -3.54. The Bertz CT molecular complexity index is 497. The Morgan fingerprint density at radius 3 is 2.76 bits per heavy atom. The largest absolute Gasteiger partial charge is 0.396 e. The molecule has 0 aliphatic heterocycles. The molecule has 2 N–H and O–H groups in total. The molecule has 1 saturated carbocycles. The number of pyridine rings is 1. The average Bonchev–Trinajstić information content (AvgIpc) is 3.09. The number of nitrogens with two attached hydrogens (primary N) is 1. The summed E-state index contributed by atoms with van der Waals surface area (Å²) in [6.07, 6.45) is 3.68. The average molecular weight is 255 g/mol. The summed E-state index contributed by atoms with van der Waals surface area (Å²) in [5.41, 5.74) is 5.89. The van der Waals surface area contributed by atoms with Gasteiger partial charge in [-0.1, -0.05) is 6.92 Å². The van der Waals surface area contributed by atoms with Crippen molar-refractivity contribution in [1.82, 2.24) is 9.29 Å². The number of rotatable bonds is 5. The maximum atomic E-state index is 12.3. The molecule has 1 fully saturated rings. The fourth-order valence-electron chi connectivity index (χ4n) is 1.73. The molecule has 0 atom stereocenters. The van der Waals surface area contributed by atoms with E-state index < -0.39 is 10.0 Å². The zero-order valence-corrected chi connectivity index (χ0v) is 10.7. The molecule has 5 nitrogen and oxygen atoms in total. The van der Waals surface area contributed by atoms with Gasteiger partial charge in [0.1, 0.15) is 0 Å². The van der Waals surface area contributed by atoms with E-state index in [-0.39, 0.29) is 10.7 Å². The van der Waals surface area contributed by atoms with E-state index in [2.05, 4.69) is 4.98 Å². The van der Waals surface area contributed by atoms with E-state index in [9.17, 15) is 8.42 Å². The second-order valence-corrected chi connectivity index (χ2v) is 6.15. The lowest BCUT2D eigenvalue weighted by Gasteiger charge is -2.20. The SMILES string of the molecule is CCN(CC1CC1)S(=O)(=O)c1ncccc1N. The van der Waals surface area contributed by atoms with E-state index in [0.717, 1.165) is 12.8 Å². The van der Waals surface area contributed by atoms with Gasteiger partial charge in [-0.05, 0) is 30.9 Å². The molecule has 0 aromatic carbocycles. The number of anilines is 1. The number of nitrogen functional groups attached to an aromatic ring is 1. The van der Waals surface area contributed by atoms with E-state index >= 15 is 0 Å². The standard InChI is InChI=1S/C11H17N3O2S/c1-2-14(8-9-5-6-9)17(15,16)11-10(12)4-3-7-13-11/h3-4,7,9H,2,5-6,8,12H2,1H3. The minimum Gasteiger partial charge on any atom is -0.396 e. The number of nitrogens with zero attached hydrogens (tertiary/aromatic N) is 2. The van der Waals surface area contributed by atoms with Crippen LogP contribution in [0.5, 0.6) is 0 Å². The minimum atomic E-state index is -3.54. The van der Waals surface area contributed by atoms with Crippen molar-refractivity contribution in [3.8, 4) is 0 Å². The third-order valence-electron chi connectivity index (χ3n) is 2.90. The van der Waals surface area contributed by atoms with Crippen LogP contribution in [0.4, 0.5) is 5.69 Å². The number of hydrogen-bond donors (Lipinski definition) is 1. The van der Waals surface area contributed by atoms with Crippen molar-refractivity contribution in [2.75, 3.05) is 18.8 Å². The molecule has 1 aliphatic carbocycles. The highest BCUT2D eigenvalue weighted by Crippen LogP contribution is 2.31. The second kappa shape index (κ2) is 4.62. The lowest BCUT2D eigenvalue weighted by molar-refractivity contribution is 0.410. The Kier molecular flexibility index (Phi) is 3.35. The van der Waals surface area contributed by atoms with Crippen molar-refractivity contribution in [1.29, 1.82) is 0 Å². The molecule has 1 aliphatic rings. The first kappa shape index (κ1) is 12.3. The molecule has 17 heavy (non-hydrogen) atoms. The Morgan fingerprint density at radius 1 is 1.53 bits per heavy atom. The van der Waals surface area contributed by atoms with Gasteiger partial charge in [0.15, 0.2) is 5.03 Å². The summed E-state index contributed by atoms with van der Waals surface area (Å²) in [6, 6.07) is 3.19. The normalized spacial score (nSPS) is 16.4. The lowest BCUT2D eigenvalue weighted by atomic mass is 10.4. The molecule has 0 spiro atoms. The number of aromatic nitrogens is 1. The van der Waals surface area contributed by atoms with Crippen molar-refractivity contribution in [2.24, 2.45) is 5.92 Å². The predicted molar refractivity (Wildman–Crippen MR) is 65.8 cm³/mol. The molecule has 1 heterocycles. The quantitative estimate of drug-likeness (QED) is 0.854. The Hall–Kier alpha value is -1.14. The van der Waals surface area contributed by atoms with Crippen molar-refractivity contribution in [3.63, 3.8) is 0 Å². The lowest BCUT2D eigenvalue weighted by Crippen LogP contribution is -2.33. The highest BCUT2D eigenvalue weighted by molar-refractivity contribution is 7.89. The third-order valence-corrected chi connectivity index (χ3v) is 4.81. The molecule has 0 bridgehead atoms. The highest BCUT2D eigenvalue weighted by Gasteiger charge is 2.32. The molecule has 1 aromatic heterocycles. The minimum absolute atomic E-state index is 0.0255. The van der Waals surface area contributed by atoms with Gasteiger partial charge in [-0.2, -0.15) is 4.31 Å². The number of sulfonamides is 1. The summed E-state index contributed by atoms with van der Waals surface area (Å²) < 4.78 is 26.1. The smallest absolute Gasteiger partial charge is 0.262 e.